The largest absolute Gasteiger partial charge is 0.491 e. The van der Waals surface area contributed by atoms with Gasteiger partial charge in [-0.15, -0.1) is 0 Å². The van der Waals surface area contributed by atoms with Crippen LogP contribution in [0.4, 0.5) is 13.2 Å². The Kier molecular flexibility index (Phi) is 6.96. The van der Waals surface area contributed by atoms with Crippen molar-refractivity contribution in [2.24, 2.45) is 0 Å². The van der Waals surface area contributed by atoms with Crippen LogP contribution in [0.3, 0.4) is 0 Å². The van der Waals surface area contributed by atoms with Crippen LogP contribution in [0.25, 0.3) is 0 Å². The second-order valence-electron chi connectivity index (χ2n) is 6.96. The number of carbonyl (C=O) groups excluding carboxylic acids is 1. The molecule has 2 aromatic carbocycles. The molecule has 6 nitrogen and oxygen atoms in total. The van der Waals surface area contributed by atoms with Gasteiger partial charge in [0.1, 0.15) is 18.5 Å². The average molecular weight is 434 g/mol. The predicted molar refractivity (Wildman–Crippen MR) is 105 cm³/mol. The van der Waals surface area contributed by atoms with Gasteiger partial charge in [0, 0.05) is 6.54 Å². The number of benzene rings is 2. The zero-order valence-corrected chi connectivity index (χ0v) is 16.7. The Morgan fingerprint density at radius 1 is 1.19 bits per heavy atom. The Morgan fingerprint density at radius 3 is 2.52 bits per heavy atom. The number of aliphatic hydroxyl groups is 1. The van der Waals surface area contributed by atoms with Crippen LogP contribution in [0.5, 0.6) is 5.75 Å². The van der Waals surface area contributed by atoms with Gasteiger partial charge in [-0.1, -0.05) is 24.3 Å². The number of aromatic nitrogens is 1. The molecule has 1 N–H and O–H groups in total. The summed E-state index contributed by atoms with van der Waals surface area (Å²) in [5.41, 5.74) is 1.09. The summed E-state index contributed by atoms with van der Waals surface area (Å²) in [7, 11) is 0. The van der Waals surface area contributed by atoms with Crippen molar-refractivity contribution in [2.75, 3.05) is 13.2 Å². The second kappa shape index (κ2) is 9.65. The molecule has 0 aliphatic carbocycles. The van der Waals surface area contributed by atoms with Crippen LogP contribution < -0.4 is 4.74 Å². The van der Waals surface area contributed by atoms with E-state index in [1.807, 2.05) is 31.2 Å². The number of carbonyl (C=O) groups is 1. The van der Waals surface area contributed by atoms with E-state index in [0.717, 1.165) is 29.7 Å². The topological polar surface area (TPSA) is 75.8 Å². The number of rotatable bonds is 8. The van der Waals surface area contributed by atoms with Crippen molar-refractivity contribution in [1.82, 2.24) is 9.88 Å². The molecular formula is C22H21F3N2O4. The van der Waals surface area contributed by atoms with Crippen molar-refractivity contribution in [3.63, 3.8) is 0 Å². The molecule has 1 heterocycles. The zero-order chi connectivity index (χ0) is 22.4. The number of amides is 1. The lowest BCUT2D eigenvalue weighted by Crippen LogP contribution is -2.39. The van der Waals surface area contributed by atoms with Crippen LogP contribution in [0.2, 0.25) is 0 Å². The third-order valence-corrected chi connectivity index (χ3v) is 4.61. The van der Waals surface area contributed by atoms with Crippen molar-refractivity contribution in [3.05, 3.63) is 83.6 Å². The molecule has 1 atom stereocenters. The van der Waals surface area contributed by atoms with Gasteiger partial charge in [-0.25, -0.2) is 4.98 Å². The van der Waals surface area contributed by atoms with Crippen molar-refractivity contribution in [2.45, 2.75) is 25.7 Å². The average Bonchev–Trinajstić information content (AvgIpc) is 3.27. The van der Waals surface area contributed by atoms with Gasteiger partial charge in [0.2, 0.25) is 5.76 Å². The highest BCUT2D eigenvalue weighted by Crippen LogP contribution is 2.30. The molecule has 1 unspecified atom stereocenters. The highest BCUT2D eigenvalue weighted by atomic mass is 19.4. The van der Waals surface area contributed by atoms with E-state index >= 15 is 0 Å². The maximum Gasteiger partial charge on any atom is 0.416 e. The van der Waals surface area contributed by atoms with Crippen molar-refractivity contribution in [3.8, 4) is 5.75 Å². The summed E-state index contributed by atoms with van der Waals surface area (Å²) < 4.78 is 48.4. The molecule has 31 heavy (non-hydrogen) atoms. The summed E-state index contributed by atoms with van der Waals surface area (Å²) in [6.45, 7) is 1.86. The monoisotopic (exact) mass is 434 g/mol. The summed E-state index contributed by atoms with van der Waals surface area (Å²) in [4.78, 5) is 18.0. The van der Waals surface area contributed by atoms with Gasteiger partial charge in [0.15, 0.2) is 6.39 Å². The molecule has 0 radical (unpaired) electrons. The highest BCUT2D eigenvalue weighted by molar-refractivity contribution is 5.91. The minimum Gasteiger partial charge on any atom is -0.491 e. The summed E-state index contributed by atoms with van der Waals surface area (Å²) >= 11 is 0. The number of nitrogens with zero attached hydrogens (tertiary/aromatic N) is 2. The molecule has 3 rings (SSSR count). The smallest absolute Gasteiger partial charge is 0.416 e. The summed E-state index contributed by atoms with van der Waals surface area (Å²) in [5.74, 6) is -0.238. The first-order valence-electron chi connectivity index (χ1n) is 9.44. The van der Waals surface area contributed by atoms with E-state index < -0.39 is 23.8 Å². The lowest BCUT2D eigenvalue weighted by Gasteiger charge is -2.25. The zero-order valence-electron chi connectivity index (χ0n) is 16.7. The Balaban J connectivity index is 1.65. The molecule has 164 valence electrons. The molecule has 0 aliphatic rings. The van der Waals surface area contributed by atoms with Gasteiger partial charge < -0.3 is 19.2 Å². The normalized spacial score (nSPS) is 12.4. The van der Waals surface area contributed by atoms with Gasteiger partial charge in [-0.3, -0.25) is 4.79 Å². The van der Waals surface area contributed by atoms with E-state index in [2.05, 4.69) is 4.98 Å². The van der Waals surface area contributed by atoms with Crippen LogP contribution in [0.1, 0.15) is 27.2 Å². The maximum absolute atomic E-state index is 12.8. The number of hydrogen-bond acceptors (Lipinski definition) is 5. The third-order valence-electron chi connectivity index (χ3n) is 4.61. The first-order chi connectivity index (χ1) is 14.7. The molecule has 1 amide bonds. The molecular weight excluding hydrogens is 413 g/mol. The van der Waals surface area contributed by atoms with Gasteiger partial charge in [-0.2, -0.15) is 13.2 Å². The molecule has 9 heteroatoms. The molecule has 3 aromatic rings. The fraction of sp³-hybridized carbons (Fsp3) is 0.273. The quantitative estimate of drug-likeness (QED) is 0.578. The van der Waals surface area contributed by atoms with Gasteiger partial charge in [-0.05, 0) is 42.3 Å². The standard InChI is InChI=1S/C22H21F3N2O4/c1-15-4-2-3-5-16(15)11-27(21(29)20-10-26-14-31-20)12-18(28)13-30-19-8-6-17(7-9-19)22(23,24)25/h2-10,14,18,28H,11-13H2,1H3. The van der Waals surface area contributed by atoms with Crippen LogP contribution in [-0.4, -0.2) is 40.2 Å². The lowest BCUT2D eigenvalue weighted by molar-refractivity contribution is -0.137. The maximum atomic E-state index is 12.8. The second-order valence-corrected chi connectivity index (χ2v) is 6.96. The van der Waals surface area contributed by atoms with Crippen LogP contribution in [0.15, 0.2) is 65.5 Å². The number of ether oxygens (including phenoxy) is 1. The van der Waals surface area contributed by atoms with E-state index in [1.54, 1.807) is 0 Å². The summed E-state index contributed by atoms with van der Waals surface area (Å²) in [6.07, 6.45) is -3.09. The Labute approximate surface area is 176 Å². The molecule has 0 bridgehead atoms. The molecule has 0 aliphatic heterocycles. The Bertz CT molecular complexity index is 989. The SMILES string of the molecule is Cc1ccccc1CN(CC(O)COc1ccc(C(F)(F)F)cc1)C(=O)c1cnco1. The van der Waals surface area contributed by atoms with E-state index in [-0.39, 0.29) is 31.2 Å². The van der Waals surface area contributed by atoms with E-state index in [9.17, 15) is 23.1 Å². The van der Waals surface area contributed by atoms with Crippen LogP contribution in [0, 0.1) is 6.92 Å². The minimum absolute atomic E-state index is 0.0319. The van der Waals surface area contributed by atoms with Crippen LogP contribution in [-0.2, 0) is 12.7 Å². The molecule has 0 saturated carbocycles. The fourth-order valence-electron chi connectivity index (χ4n) is 2.93. The first-order valence-corrected chi connectivity index (χ1v) is 9.44. The highest BCUT2D eigenvalue weighted by Gasteiger charge is 2.30. The summed E-state index contributed by atoms with van der Waals surface area (Å²) in [5, 5.41) is 10.4. The first kappa shape index (κ1) is 22.4. The minimum atomic E-state index is -4.44. The third kappa shape index (κ3) is 6.08. The number of oxazole rings is 1. The van der Waals surface area contributed by atoms with Crippen LogP contribution >= 0.6 is 0 Å². The predicted octanol–water partition coefficient (Wildman–Crippen LogP) is 4.08. The molecule has 0 fully saturated rings. The molecule has 1 aromatic heterocycles. The van der Waals surface area contributed by atoms with Gasteiger partial charge in [0.05, 0.1) is 18.3 Å². The lowest BCUT2D eigenvalue weighted by atomic mass is 10.1. The number of halogens is 3. The van der Waals surface area contributed by atoms with Gasteiger partial charge in [0.25, 0.3) is 5.91 Å². The Hall–Kier alpha value is -3.33. The number of aryl methyl sites for hydroxylation is 1. The molecule has 0 spiro atoms. The van der Waals surface area contributed by atoms with Gasteiger partial charge >= 0.3 is 6.18 Å². The fourth-order valence-corrected chi connectivity index (χ4v) is 2.93. The molecule has 0 saturated heterocycles. The number of hydrogen-bond donors (Lipinski definition) is 1. The van der Waals surface area contributed by atoms with Crippen molar-refractivity contribution in [1.29, 1.82) is 0 Å². The van der Waals surface area contributed by atoms with Crippen molar-refractivity contribution >= 4 is 5.91 Å². The van der Waals surface area contributed by atoms with E-state index in [0.29, 0.717) is 0 Å². The Morgan fingerprint density at radius 2 is 1.90 bits per heavy atom. The van der Waals surface area contributed by atoms with E-state index in [4.69, 9.17) is 9.15 Å². The van der Waals surface area contributed by atoms with Crippen molar-refractivity contribution < 1.29 is 32.2 Å². The summed E-state index contributed by atoms with van der Waals surface area (Å²) in [6, 6.07) is 11.7. The number of aliphatic hydroxyl groups excluding tert-OH is 1. The van der Waals surface area contributed by atoms with E-state index in [1.165, 1.54) is 23.2 Å². The number of alkyl halides is 3.